The summed E-state index contributed by atoms with van der Waals surface area (Å²) in [6.07, 6.45) is 7.99. The Hall–Kier alpha value is -3.34. The lowest BCUT2D eigenvalue weighted by Gasteiger charge is -2.37. The van der Waals surface area contributed by atoms with Crippen LogP contribution in [0.1, 0.15) is 16.7 Å². The Morgan fingerprint density at radius 2 is 1.21 bits per heavy atom. The summed E-state index contributed by atoms with van der Waals surface area (Å²) in [7, 11) is 0. The van der Waals surface area contributed by atoms with Crippen molar-refractivity contribution in [3.05, 3.63) is 90.0 Å². The highest BCUT2D eigenvalue weighted by Crippen LogP contribution is 2.20. The van der Waals surface area contributed by atoms with Gasteiger partial charge in [-0.1, -0.05) is 28.8 Å². The fraction of sp³-hybridized carbons (Fsp3) is 0.130. The van der Waals surface area contributed by atoms with E-state index in [1.807, 2.05) is 24.5 Å². The fourth-order valence-corrected chi connectivity index (χ4v) is 4.38. The van der Waals surface area contributed by atoms with Gasteiger partial charge < -0.3 is 8.96 Å². The second-order valence-electron chi connectivity index (χ2n) is 7.46. The van der Waals surface area contributed by atoms with E-state index in [9.17, 15) is 0 Å². The molecule has 0 spiro atoms. The van der Waals surface area contributed by atoms with Crippen LogP contribution in [0.3, 0.4) is 0 Å². The quantitative estimate of drug-likeness (QED) is 0.452. The van der Waals surface area contributed by atoms with E-state index in [2.05, 4.69) is 88.5 Å². The summed E-state index contributed by atoms with van der Waals surface area (Å²) in [5.74, 6) is 0. The van der Waals surface area contributed by atoms with Crippen LogP contribution in [0.5, 0.6) is 0 Å². The Bertz CT molecular complexity index is 1220. The number of hydrogen-bond donors (Lipinski definition) is 0. The average molecular weight is 364 g/mol. The molecule has 0 aliphatic rings. The van der Waals surface area contributed by atoms with Crippen LogP contribution in [0.2, 0.25) is 0 Å². The molecule has 137 valence electrons. The second kappa shape index (κ2) is 6.38. The largest absolute Gasteiger partial charge is 0.510 e. The van der Waals surface area contributed by atoms with Gasteiger partial charge in [0.2, 0.25) is 0 Å². The average Bonchev–Trinajstić information content (AvgIpc) is 3.29. The Balaban J connectivity index is 1.86. The van der Waals surface area contributed by atoms with Crippen LogP contribution in [-0.2, 0) is 0 Å². The third kappa shape index (κ3) is 2.54. The molecule has 1 radical (unpaired) electrons. The molecule has 28 heavy (non-hydrogen) atoms. The lowest BCUT2D eigenvalue weighted by Crippen LogP contribution is -2.47. The number of pyridine rings is 2. The topological polar surface area (TPSA) is 35.6 Å². The highest BCUT2D eigenvalue weighted by Gasteiger charge is 2.15. The fourth-order valence-electron chi connectivity index (χ4n) is 4.38. The first-order valence-corrected chi connectivity index (χ1v) is 9.54. The number of hydrogen-bond acceptors (Lipinski definition) is 2. The molecule has 1 aromatic carbocycles. The van der Waals surface area contributed by atoms with Gasteiger partial charge in [0, 0.05) is 23.2 Å². The molecule has 0 fully saturated rings. The number of aryl methyl sites for hydroxylation is 3. The summed E-state index contributed by atoms with van der Waals surface area (Å²) in [5.41, 5.74) is 7.07. The van der Waals surface area contributed by atoms with Gasteiger partial charge in [0.15, 0.2) is 0 Å². The van der Waals surface area contributed by atoms with Gasteiger partial charge in [0.05, 0.1) is 11.3 Å². The zero-order valence-corrected chi connectivity index (χ0v) is 16.3. The predicted molar refractivity (Wildman–Crippen MR) is 116 cm³/mol. The van der Waals surface area contributed by atoms with Crippen molar-refractivity contribution < 1.29 is 0 Å². The molecule has 0 saturated carbocycles. The molecular weight excluding hydrogens is 343 g/mol. The van der Waals surface area contributed by atoms with Gasteiger partial charge >= 0.3 is 0 Å². The monoisotopic (exact) mass is 364 g/mol. The highest BCUT2D eigenvalue weighted by atomic mass is 15.1. The molecule has 4 heterocycles. The molecule has 4 nitrogen and oxygen atoms in total. The van der Waals surface area contributed by atoms with Crippen molar-refractivity contribution in [1.82, 2.24) is 18.9 Å². The molecule has 5 aromatic rings. The molecule has 4 aromatic heterocycles. The molecule has 0 atom stereocenters. The summed E-state index contributed by atoms with van der Waals surface area (Å²) in [6, 6.07) is 17.0. The SMILES string of the molecule is Cc1cc(C)c([B-](n2ccc3cccnc32)n2ccc3cccnc32)c(C)c1. The van der Waals surface area contributed by atoms with Crippen molar-refractivity contribution in [2.75, 3.05) is 0 Å². The van der Waals surface area contributed by atoms with E-state index in [1.165, 1.54) is 22.2 Å². The maximum atomic E-state index is 4.68. The summed E-state index contributed by atoms with van der Waals surface area (Å²) >= 11 is 0. The van der Waals surface area contributed by atoms with Gasteiger partial charge in [-0.3, -0.25) is 0 Å². The van der Waals surface area contributed by atoms with Crippen LogP contribution in [0, 0.1) is 20.8 Å². The van der Waals surface area contributed by atoms with E-state index in [1.54, 1.807) is 0 Å². The first kappa shape index (κ1) is 16.8. The summed E-state index contributed by atoms with van der Waals surface area (Å²) in [6.45, 7) is 6.49. The van der Waals surface area contributed by atoms with Crippen molar-refractivity contribution >= 4 is 34.5 Å². The predicted octanol–water partition coefficient (Wildman–Crippen LogP) is 4.10. The number of benzene rings is 1. The van der Waals surface area contributed by atoms with Crippen LogP contribution in [0.4, 0.5) is 0 Å². The van der Waals surface area contributed by atoms with Gasteiger partial charge in [-0.15, -0.1) is 0 Å². The van der Waals surface area contributed by atoms with E-state index in [-0.39, 0.29) is 6.98 Å². The molecule has 5 heteroatoms. The summed E-state index contributed by atoms with van der Waals surface area (Å²) in [4.78, 5) is 9.37. The van der Waals surface area contributed by atoms with Gasteiger partial charge in [0.25, 0.3) is 0 Å². The van der Waals surface area contributed by atoms with E-state index in [0.717, 1.165) is 22.1 Å². The Labute approximate surface area is 164 Å². The van der Waals surface area contributed by atoms with Crippen molar-refractivity contribution in [3.8, 4) is 0 Å². The number of fused-ring (bicyclic) bond motifs is 2. The van der Waals surface area contributed by atoms with Crippen LogP contribution in [-0.4, -0.2) is 25.9 Å². The maximum Gasteiger partial charge on any atom is 0.120 e. The number of nitrogens with zero attached hydrogens (tertiary/aromatic N) is 4. The van der Waals surface area contributed by atoms with Crippen LogP contribution in [0.25, 0.3) is 22.1 Å². The third-order valence-electron chi connectivity index (χ3n) is 5.48. The highest BCUT2D eigenvalue weighted by molar-refractivity contribution is 6.72. The van der Waals surface area contributed by atoms with Crippen molar-refractivity contribution in [2.45, 2.75) is 20.8 Å². The smallest absolute Gasteiger partial charge is 0.120 e. The summed E-state index contributed by atoms with van der Waals surface area (Å²) < 4.78 is 4.52. The molecule has 0 aliphatic heterocycles. The Morgan fingerprint density at radius 3 is 1.71 bits per heavy atom. The van der Waals surface area contributed by atoms with Crippen molar-refractivity contribution in [2.24, 2.45) is 0 Å². The zero-order valence-electron chi connectivity index (χ0n) is 16.3. The molecule has 5 rings (SSSR count). The molecule has 0 saturated heterocycles. The lowest BCUT2D eigenvalue weighted by molar-refractivity contribution is 1.09. The van der Waals surface area contributed by atoms with Gasteiger partial charge in [-0.05, 0) is 69.6 Å². The molecule has 0 aliphatic carbocycles. The number of aromatic nitrogens is 4. The molecule has 0 amide bonds. The van der Waals surface area contributed by atoms with Crippen LogP contribution >= 0.6 is 0 Å². The standard InChI is InChI=1S/C23H21BN4/c1-16-14-17(2)21(18(3)15-16)24(27-12-8-19-6-4-10-25-22(19)27)28-13-9-20-7-5-11-26-23(20)28/h4-15H,1-3H3/q-1. The maximum absolute atomic E-state index is 4.68. The minimum absolute atomic E-state index is 0.0552. The lowest BCUT2D eigenvalue weighted by atomic mass is 9.63. The Morgan fingerprint density at radius 1 is 0.714 bits per heavy atom. The van der Waals surface area contributed by atoms with E-state index < -0.39 is 0 Å². The van der Waals surface area contributed by atoms with Crippen LogP contribution < -0.4 is 5.46 Å². The van der Waals surface area contributed by atoms with E-state index >= 15 is 0 Å². The van der Waals surface area contributed by atoms with Crippen LogP contribution in [0.15, 0.2) is 73.3 Å². The molecule has 0 N–H and O–H groups in total. The van der Waals surface area contributed by atoms with E-state index in [4.69, 9.17) is 0 Å². The van der Waals surface area contributed by atoms with Gasteiger partial charge in [0.1, 0.15) is 6.98 Å². The second-order valence-corrected chi connectivity index (χ2v) is 7.46. The van der Waals surface area contributed by atoms with Gasteiger partial charge in [-0.25, -0.2) is 9.97 Å². The van der Waals surface area contributed by atoms with Crippen molar-refractivity contribution in [3.63, 3.8) is 0 Å². The number of rotatable bonds is 3. The molecule has 0 bridgehead atoms. The Kier molecular flexibility index (Phi) is 3.83. The minimum atomic E-state index is -0.0552. The van der Waals surface area contributed by atoms with Gasteiger partial charge in [-0.2, -0.15) is 5.46 Å². The van der Waals surface area contributed by atoms with E-state index in [0.29, 0.717) is 0 Å². The molecule has 0 unspecified atom stereocenters. The molecular formula is C23H21BN4-. The first-order valence-electron chi connectivity index (χ1n) is 9.54. The van der Waals surface area contributed by atoms with Crippen molar-refractivity contribution in [1.29, 1.82) is 0 Å². The normalized spacial score (nSPS) is 11.7. The zero-order chi connectivity index (χ0) is 19.3. The minimum Gasteiger partial charge on any atom is -0.510 e. The first-order chi connectivity index (χ1) is 13.6. The summed E-state index contributed by atoms with van der Waals surface area (Å²) in [5, 5.41) is 2.28. The third-order valence-corrected chi connectivity index (χ3v) is 5.48.